The lowest BCUT2D eigenvalue weighted by Crippen LogP contribution is -2.29. The van der Waals surface area contributed by atoms with E-state index in [2.05, 4.69) is 15.5 Å². The zero-order chi connectivity index (χ0) is 15.5. The number of rotatable bonds is 6. The van der Waals surface area contributed by atoms with E-state index in [0.29, 0.717) is 25.1 Å². The molecular weight excluding hydrogens is 296 g/mol. The Morgan fingerprint density at radius 2 is 2.33 bits per heavy atom. The van der Waals surface area contributed by atoms with E-state index in [9.17, 15) is 13.2 Å². The summed E-state index contributed by atoms with van der Waals surface area (Å²) < 4.78 is 28.7. The van der Waals surface area contributed by atoms with Crippen LogP contribution in [0.4, 0.5) is 0 Å². The molecule has 2 rings (SSSR count). The van der Waals surface area contributed by atoms with Crippen LogP contribution in [0.5, 0.6) is 0 Å². The molecule has 1 fully saturated rings. The summed E-state index contributed by atoms with van der Waals surface area (Å²) in [6.45, 7) is 2.91. The van der Waals surface area contributed by atoms with Crippen LogP contribution in [-0.4, -0.2) is 43.8 Å². The van der Waals surface area contributed by atoms with Gasteiger partial charge in [0.15, 0.2) is 5.69 Å². The monoisotopic (exact) mass is 316 g/mol. The molecule has 1 aliphatic heterocycles. The summed E-state index contributed by atoms with van der Waals surface area (Å²) in [5.41, 5.74) is 0.156. The van der Waals surface area contributed by atoms with E-state index in [1.165, 1.54) is 0 Å². The lowest BCUT2D eigenvalue weighted by atomic mass is 10.2. The molecule has 2 heterocycles. The zero-order valence-corrected chi connectivity index (χ0v) is 12.7. The highest BCUT2D eigenvalue weighted by Crippen LogP contribution is 2.18. The number of nitrogens with two attached hydrogens (primary N) is 1. The standard InChI is InChI=1S/C12H20N4O4S/c1-2-9-11(21(13,18)19)10(16-15-9)12(17)14-6-5-8-4-3-7-20-8/h8H,2-7H2,1H3,(H,14,17)(H,15,16)(H2,13,18,19). The third kappa shape index (κ3) is 3.80. The SMILES string of the molecule is CCc1[nH]nc(C(=O)NCCC2CCCO2)c1S(N)(=O)=O. The summed E-state index contributed by atoms with van der Waals surface area (Å²) in [6, 6.07) is 0. The number of H-pyrrole nitrogens is 1. The lowest BCUT2D eigenvalue weighted by molar-refractivity contribution is 0.0900. The van der Waals surface area contributed by atoms with Gasteiger partial charge in [-0.1, -0.05) is 6.92 Å². The fraction of sp³-hybridized carbons (Fsp3) is 0.667. The topological polar surface area (TPSA) is 127 Å². The first-order valence-corrected chi connectivity index (χ1v) is 8.48. The van der Waals surface area contributed by atoms with Crippen LogP contribution in [0.3, 0.4) is 0 Å². The average Bonchev–Trinajstić information content (AvgIpc) is 3.06. The molecule has 1 amide bonds. The Kier molecular flexibility index (Phi) is 4.96. The number of nitrogens with zero attached hydrogens (tertiary/aromatic N) is 1. The molecule has 0 saturated carbocycles. The average molecular weight is 316 g/mol. The van der Waals surface area contributed by atoms with Gasteiger partial charge in [0.25, 0.3) is 5.91 Å². The molecule has 1 aromatic heterocycles. The van der Waals surface area contributed by atoms with Gasteiger partial charge in [-0.2, -0.15) is 5.10 Å². The van der Waals surface area contributed by atoms with Crippen LogP contribution in [0.2, 0.25) is 0 Å². The summed E-state index contributed by atoms with van der Waals surface area (Å²) in [6.07, 6.45) is 3.27. The summed E-state index contributed by atoms with van der Waals surface area (Å²) >= 11 is 0. The minimum atomic E-state index is -4.00. The van der Waals surface area contributed by atoms with Crippen molar-refractivity contribution in [3.05, 3.63) is 11.4 Å². The molecule has 4 N–H and O–H groups in total. The predicted octanol–water partition coefficient (Wildman–Crippen LogP) is -0.0816. The van der Waals surface area contributed by atoms with Gasteiger partial charge in [-0.3, -0.25) is 9.89 Å². The van der Waals surface area contributed by atoms with E-state index < -0.39 is 15.9 Å². The van der Waals surface area contributed by atoms with E-state index in [4.69, 9.17) is 9.88 Å². The highest BCUT2D eigenvalue weighted by molar-refractivity contribution is 7.89. The number of aromatic amines is 1. The molecule has 1 unspecified atom stereocenters. The Balaban J connectivity index is 2.03. The van der Waals surface area contributed by atoms with Gasteiger partial charge in [-0.25, -0.2) is 13.6 Å². The van der Waals surface area contributed by atoms with Gasteiger partial charge in [0.1, 0.15) is 4.90 Å². The van der Waals surface area contributed by atoms with E-state index in [0.717, 1.165) is 19.4 Å². The summed E-state index contributed by atoms with van der Waals surface area (Å²) in [5.74, 6) is -0.548. The highest BCUT2D eigenvalue weighted by atomic mass is 32.2. The number of ether oxygens (including phenoxy) is 1. The van der Waals surface area contributed by atoms with Crippen LogP contribution in [-0.2, 0) is 21.2 Å². The van der Waals surface area contributed by atoms with Crippen LogP contribution >= 0.6 is 0 Å². The van der Waals surface area contributed by atoms with E-state index in [1.807, 2.05) is 0 Å². The Bertz CT molecular complexity index is 605. The minimum Gasteiger partial charge on any atom is -0.378 e. The fourth-order valence-electron chi connectivity index (χ4n) is 2.37. The molecule has 9 heteroatoms. The third-order valence-corrected chi connectivity index (χ3v) is 4.43. The van der Waals surface area contributed by atoms with Crippen LogP contribution in [0.25, 0.3) is 0 Å². The molecule has 1 aliphatic rings. The van der Waals surface area contributed by atoms with E-state index in [-0.39, 0.29) is 16.7 Å². The first-order valence-electron chi connectivity index (χ1n) is 6.93. The Morgan fingerprint density at radius 1 is 1.57 bits per heavy atom. The molecule has 0 aliphatic carbocycles. The van der Waals surface area contributed by atoms with Crippen LogP contribution < -0.4 is 10.5 Å². The molecule has 1 saturated heterocycles. The molecule has 0 bridgehead atoms. The second kappa shape index (κ2) is 6.54. The number of aryl methyl sites for hydroxylation is 1. The van der Waals surface area contributed by atoms with Crippen molar-refractivity contribution in [2.45, 2.75) is 43.6 Å². The largest absolute Gasteiger partial charge is 0.378 e. The molecule has 0 aromatic carbocycles. The quantitative estimate of drug-likeness (QED) is 0.676. The number of hydrogen-bond acceptors (Lipinski definition) is 5. The minimum absolute atomic E-state index is 0.161. The maximum absolute atomic E-state index is 12.1. The van der Waals surface area contributed by atoms with Crippen molar-refractivity contribution >= 4 is 15.9 Å². The second-order valence-corrected chi connectivity index (χ2v) is 6.46. The van der Waals surface area contributed by atoms with Gasteiger partial charge >= 0.3 is 0 Å². The maximum atomic E-state index is 12.1. The van der Waals surface area contributed by atoms with Crippen LogP contribution in [0.15, 0.2) is 4.90 Å². The number of aromatic nitrogens is 2. The zero-order valence-electron chi connectivity index (χ0n) is 11.9. The van der Waals surface area contributed by atoms with Gasteiger partial charge in [-0.15, -0.1) is 0 Å². The number of carbonyl (C=O) groups excluding carboxylic acids is 1. The number of amides is 1. The molecule has 0 radical (unpaired) electrons. The van der Waals surface area contributed by atoms with Gasteiger partial charge in [0.05, 0.1) is 11.8 Å². The smallest absolute Gasteiger partial charge is 0.273 e. The van der Waals surface area contributed by atoms with Crippen molar-refractivity contribution < 1.29 is 17.9 Å². The molecule has 1 aromatic rings. The Hall–Kier alpha value is -1.45. The van der Waals surface area contributed by atoms with Crippen molar-refractivity contribution in [2.24, 2.45) is 5.14 Å². The number of carbonyl (C=O) groups is 1. The lowest BCUT2D eigenvalue weighted by Gasteiger charge is -2.09. The van der Waals surface area contributed by atoms with Gasteiger partial charge < -0.3 is 10.1 Å². The number of sulfonamides is 1. The third-order valence-electron chi connectivity index (χ3n) is 3.42. The second-order valence-electron chi connectivity index (χ2n) is 4.96. The Morgan fingerprint density at radius 3 is 2.90 bits per heavy atom. The highest BCUT2D eigenvalue weighted by Gasteiger charge is 2.26. The number of hydrogen-bond donors (Lipinski definition) is 3. The molecule has 118 valence electrons. The normalized spacial score (nSPS) is 18.9. The number of primary sulfonamides is 1. The first kappa shape index (κ1) is 15.9. The molecule has 1 atom stereocenters. The van der Waals surface area contributed by atoms with Gasteiger partial charge in [0, 0.05) is 13.2 Å². The van der Waals surface area contributed by atoms with E-state index in [1.54, 1.807) is 6.92 Å². The summed E-state index contributed by atoms with van der Waals surface area (Å²) in [4.78, 5) is 11.8. The maximum Gasteiger partial charge on any atom is 0.273 e. The summed E-state index contributed by atoms with van der Waals surface area (Å²) in [5, 5.41) is 14.1. The van der Waals surface area contributed by atoms with Crippen molar-refractivity contribution in [1.82, 2.24) is 15.5 Å². The molecule has 8 nitrogen and oxygen atoms in total. The van der Waals surface area contributed by atoms with Gasteiger partial charge in [0.2, 0.25) is 10.0 Å². The Labute approximate surface area is 123 Å². The fourth-order valence-corrected chi connectivity index (χ4v) is 3.31. The summed E-state index contributed by atoms with van der Waals surface area (Å²) in [7, 11) is -4.00. The van der Waals surface area contributed by atoms with Crippen molar-refractivity contribution in [3.8, 4) is 0 Å². The predicted molar refractivity (Wildman–Crippen MR) is 75.3 cm³/mol. The molecule has 21 heavy (non-hydrogen) atoms. The van der Waals surface area contributed by atoms with Crippen LogP contribution in [0.1, 0.15) is 42.4 Å². The van der Waals surface area contributed by atoms with Crippen molar-refractivity contribution in [2.75, 3.05) is 13.2 Å². The van der Waals surface area contributed by atoms with Crippen molar-refractivity contribution in [3.63, 3.8) is 0 Å². The first-order chi connectivity index (χ1) is 9.93. The molecular formula is C12H20N4O4S. The van der Waals surface area contributed by atoms with E-state index >= 15 is 0 Å². The van der Waals surface area contributed by atoms with Crippen molar-refractivity contribution in [1.29, 1.82) is 0 Å². The molecule has 0 spiro atoms. The number of nitrogens with one attached hydrogen (secondary N) is 2. The van der Waals surface area contributed by atoms with Gasteiger partial charge in [-0.05, 0) is 25.7 Å². The van der Waals surface area contributed by atoms with Crippen LogP contribution in [0, 0.1) is 0 Å².